The normalized spacial score (nSPS) is 13.7. The zero-order valence-electron chi connectivity index (χ0n) is 11.6. The van der Waals surface area contributed by atoms with Gasteiger partial charge in [0.15, 0.2) is 0 Å². The van der Waals surface area contributed by atoms with Crippen LogP contribution >= 0.6 is 0 Å². The fourth-order valence-corrected chi connectivity index (χ4v) is 1.35. The lowest BCUT2D eigenvalue weighted by Gasteiger charge is -2.38. The third-order valence-electron chi connectivity index (χ3n) is 3.55. The number of halogens is 3. The third kappa shape index (κ3) is 4.21. The largest absolute Gasteiger partial charge is 0.416 e. The highest BCUT2D eigenvalue weighted by molar-refractivity contribution is 5.24. The molecule has 0 bridgehead atoms. The molecule has 2 N–H and O–H groups in total. The van der Waals surface area contributed by atoms with E-state index in [1.807, 2.05) is 13.8 Å². The molecule has 1 aromatic carbocycles. The number of rotatable bonds is 4. The van der Waals surface area contributed by atoms with Crippen molar-refractivity contribution in [2.75, 3.05) is 0 Å². The molecular weight excluding hydrogens is 255 g/mol. The summed E-state index contributed by atoms with van der Waals surface area (Å²) in [6.07, 6.45) is -4.31. The number of nitrogens with one attached hydrogen (secondary N) is 1. The van der Waals surface area contributed by atoms with Crippen LogP contribution in [0.5, 0.6) is 0 Å². The molecule has 0 amide bonds. The Kier molecular flexibility index (Phi) is 4.32. The van der Waals surface area contributed by atoms with Crippen LogP contribution in [-0.2, 0) is 12.7 Å². The Morgan fingerprint density at radius 2 is 1.47 bits per heavy atom. The minimum absolute atomic E-state index is 0.398. The van der Waals surface area contributed by atoms with Gasteiger partial charge >= 0.3 is 6.18 Å². The Morgan fingerprint density at radius 1 is 1.00 bits per heavy atom. The van der Waals surface area contributed by atoms with Gasteiger partial charge in [0, 0.05) is 12.1 Å². The highest BCUT2D eigenvalue weighted by atomic mass is 19.4. The predicted molar refractivity (Wildman–Crippen MR) is 68.7 cm³/mol. The fourth-order valence-electron chi connectivity index (χ4n) is 1.35. The highest BCUT2D eigenvalue weighted by Gasteiger charge is 2.34. The first kappa shape index (κ1) is 16.0. The van der Waals surface area contributed by atoms with Crippen molar-refractivity contribution in [2.24, 2.45) is 0 Å². The molecule has 0 fully saturated rings. The summed E-state index contributed by atoms with van der Waals surface area (Å²) < 4.78 is 37.2. The number of hydrogen-bond donors (Lipinski definition) is 2. The summed E-state index contributed by atoms with van der Waals surface area (Å²) in [5.74, 6) is 0. The third-order valence-corrected chi connectivity index (χ3v) is 3.55. The van der Waals surface area contributed by atoms with E-state index in [9.17, 15) is 18.3 Å². The molecule has 0 saturated heterocycles. The molecule has 0 atom stereocenters. The Hall–Kier alpha value is -1.07. The van der Waals surface area contributed by atoms with Crippen LogP contribution in [0.15, 0.2) is 24.3 Å². The van der Waals surface area contributed by atoms with Gasteiger partial charge in [-0.25, -0.2) is 0 Å². The second-order valence-corrected chi connectivity index (χ2v) is 5.73. The van der Waals surface area contributed by atoms with E-state index in [1.165, 1.54) is 12.1 Å². The summed E-state index contributed by atoms with van der Waals surface area (Å²) in [7, 11) is 0. The molecular formula is C14H20F3NO. The molecule has 2 nitrogen and oxygen atoms in total. The summed E-state index contributed by atoms with van der Waals surface area (Å²) in [5.41, 5.74) is -1.39. The first-order valence-electron chi connectivity index (χ1n) is 6.07. The molecule has 108 valence electrons. The lowest BCUT2D eigenvalue weighted by atomic mass is 9.86. The predicted octanol–water partition coefficient (Wildman–Crippen LogP) is 3.34. The van der Waals surface area contributed by atoms with Crippen LogP contribution in [0.25, 0.3) is 0 Å². The number of hydrogen-bond acceptors (Lipinski definition) is 2. The van der Waals surface area contributed by atoms with E-state index in [0.717, 1.165) is 17.7 Å². The van der Waals surface area contributed by atoms with Crippen molar-refractivity contribution in [1.82, 2.24) is 5.32 Å². The molecule has 0 saturated carbocycles. The summed E-state index contributed by atoms with van der Waals surface area (Å²) in [6, 6.07) is 5.01. The van der Waals surface area contributed by atoms with Crippen LogP contribution < -0.4 is 5.32 Å². The average Bonchev–Trinajstić information content (AvgIpc) is 2.24. The van der Waals surface area contributed by atoms with Crippen LogP contribution in [0, 0.1) is 0 Å². The Bertz CT molecular complexity index is 416. The number of aliphatic hydroxyl groups is 1. The van der Waals surface area contributed by atoms with Crippen molar-refractivity contribution in [3.63, 3.8) is 0 Å². The van der Waals surface area contributed by atoms with E-state index < -0.39 is 22.9 Å². The van der Waals surface area contributed by atoms with Crippen LogP contribution in [0.2, 0.25) is 0 Å². The quantitative estimate of drug-likeness (QED) is 0.883. The SMILES string of the molecule is CC(C)(O)C(C)(C)NCc1ccc(C(F)(F)F)cc1. The monoisotopic (exact) mass is 275 g/mol. The molecule has 5 heteroatoms. The summed E-state index contributed by atoms with van der Waals surface area (Å²) in [6.45, 7) is 7.46. The molecule has 0 aromatic heterocycles. The molecule has 0 heterocycles. The molecule has 0 spiro atoms. The van der Waals surface area contributed by atoms with Gasteiger partial charge in [-0.3, -0.25) is 0 Å². The van der Waals surface area contributed by atoms with Crippen molar-refractivity contribution < 1.29 is 18.3 Å². The van der Waals surface area contributed by atoms with E-state index in [1.54, 1.807) is 13.8 Å². The lowest BCUT2D eigenvalue weighted by molar-refractivity contribution is -0.137. The standard InChI is InChI=1S/C14H20F3NO/c1-12(2,13(3,4)19)18-9-10-5-7-11(8-6-10)14(15,16)17/h5-8,18-19H,9H2,1-4H3. The highest BCUT2D eigenvalue weighted by Crippen LogP contribution is 2.29. The van der Waals surface area contributed by atoms with Gasteiger partial charge in [0.05, 0.1) is 11.2 Å². The smallest absolute Gasteiger partial charge is 0.389 e. The minimum atomic E-state index is -4.31. The maximum atomic E-state index is 12.4. The van der Waals surface area contributed by atoms with Gasteiger partial charge in [-0.15, -0.1) is 0 Å². The molecule has 0 radical (unpaired) electrons. The molecule has 0 unspecified atom stereocenters. The van der Waals surface area contributed by atoms with Gasteiger partial charge in [-0.2, -0.15) is 13.2 Å². The second kappa shape index (κ2) is 5.13. The second-order valence-electron chi connectivity index (χ2n) is 5.73. The first-order valence-corrected chi connectivity index (χ1v) is 6.07. The molecule has 0 aliphatic carbocycles. The van der Waals surface area contributed by atoms with Gasteiger partial charge in [0.2, 0.25) is 0 Å². The topological polar surface area (TPSA) is 32.3 Å². The molecule has 1 rings (SSSR count). The van der Waals surface area contributed by atoms with Crippen molar-refractivity contribution in [3.05, 3.63) is 35.4 Å². The minimum Gasteiger partial charge on any atom is -0.389 e. The average molecular weight is 275 g/mol. The van der Waals surface area contributed by atoms with Gasteiger partial charge in [-0.1, -0.05) is 12.1 Å². The summed E-state index contributed by atoms with van der Waals surface area (Å²) >= 11 is 0. The van der Waals surface area contributed by atoms with E-state index >= 15 is 0 Å². The lowest BCUT2D eigenvalue weighted by Crippen LogP contribution is -2.55. The molecule has 0 aliphatic heterocycles. The van der Waals surface area contributed by atoms with E-state index in [-0.39, 0.29) is 0 Å². The number of alkyl halides is 3. The van der Waals surface area contributed by atoms with Crippen molar-refractivity contribution in [3.8, 4) is 0 Å². The first-order chi connectivity index (χ1) is 8.43. The number of benzene rings is 1. The van der Waals surface area contributed by atoms with Crippen molar-refractivity contribution >= 4 is 0 Å². The molecule has 1 aromatic rings. The maximum Gasteiger partial charge on any atom is 0.416 e. The summed E-state index contributed by atoms with van der Waals surface area (Å²) in [4.78, 5) is 0. The van der Waals surface area contributed by atoms with E-state index in [2.05, 4.69) is 5.32 Å². The Labute approximate surface area is 111 Å². The Balaban J connectivity index is 2.70. The van der Waals surface area contributed by atoms with Crippen LogP contribution in [0.4, 0.5) is 13.2 Å². The van der Waals surface area contributed by atoms with Crippen LogP contribution in [0.1, 0.15) is 38.8 Å². The van der Waals surface area contributed by atoms with Crippen LogP contribution in [-0.4, -0.2) is 16.2 Å². The molecule has 0 aliphatic rings. The zero-order chi connectivity index (χ0) is 14.9. The fraction of sp³-hybridized carbons (Fsp3) is 0.571. The van der Waals surface area contributed by atoms with Crippen LogP contribution in [0.3, 0.4) is 0 Å². The van der Waals surface area contributed by atoms with Gasteiger partial charge in [-0.05, 0) is 45.4 Å². The zero-order valence-corrected chi connectivity index (χ0v) is 11.6. The van der Waals surface area contributed by atoms with E-state index in [4.69, 9.17) is 0 Å². The van der Waals surface area contributed by atoms with Gasteiger partial charge in [0.1, 0.15) is 0 Å². The van der Waals surface area contributed by atoms with Gasteiger partial charge in [0.25, 0.3) is 0 Å². The van der Waals surface area contributed by atoms with Crippen molar-refractivity contribution in [2.45, 2.75) is 51.6 Å². The Morgan fingerprint density at radius 3 is 1.84 bits per heavy atom. The molecule has 19 heavy (non-hydrogen) atoms. The van der Waals surface area contributed by atoms with E-state index in [0.29, 0.717) is 6.54 Å². The summed E-state index contributed by atoms with van der Waals surface area (Å²) in [5, 5.41) is 13.1. The maximum absolute atomic E-state index is 12.4. The van der Waals surface area contributed by atoms with Crippen molar-refractivity contribution in [1.29, 1.82) is 0 Å². The van der Waals surface area contributed by atoms with Gasteiger partial charge < -0.3 is 10.4 Å².